The summed E-state index contributed by atoms with van der Waals surface area (Å²) in [5.41, 5.74) is 0. The van der Waals surface area contributed by atoms with Crippen molar-refractivity contribution >= 4 is 25.0 Å². The normalized spacial score (nSPS) is 30.5. The molecule has 0 spiro atoms. The van der Waals surface area contributed by atoms with Crippen LogP contribution in [0.25, 0.3) is 0 Å². The maximum atomic E-state index is 6.41. The van der Waals surface area contributed by atoms with Crippen molar-refractivity contribution < 1.29 is 22.8 Å². The van der Waals surface area contributed by atoms with E-state index in [2.05, 4.69) is 58.9 Å². The van der Waals surface area contributed by atoms with Crippen LogP contribution in [0.1, 0.15) is 0 Å². The fourth-order valence-electron chi connectivity index (χ4n) is 2.57. The molecule has 0 radical (unpaired) electrons. The molecule has 1 heterocycles. The number of hydrogen-bond acceptors (Lipinski definition) is 5. The lowest BCUT2D eigenvalue weighted by atomic mass is 10.1. The fourth-order valence-corrected chi connectivity index (χ4v) is 5.64. The molecule has 4 atom stereocenters. The van der Waals surface area contributed by atoms with Crippen LogP contribution in [0.2, 0.25) is 58.9 Å². The van der Waals surface area contributed by atoms with Crippen LogP contribution < -0.4 is 0 Å². The predicted octanol–water partition coefficient (Wildman–Crippen LogP) is 3.65. The van der Waals surface area contributed by atoms with Gasteiger partial charge in [0.2, 0.25) is 0 Å². The van der Waals surface area contributed by atoms with Crippen molar-refractivity contribution in [2.45, 2.75) is 83.5 Å². The maximum absolute atomic E-state index is 6.41. The van der Waals surface area contributed by atoms with Crippen LogP contribution in [0.4, 0.5) is 0 Å². The quantitative estimate of drug-likeness (QED) is 0.631. The molecule has 0 aromatic heterocycles. The summed E-state index contributed by atoms with van der Waals surface area (Å²) in [5.74, 6) is 0. The van der Waals surface area contributed by atoms with Gasteiger partial charge in [0.25, 0.3) is 0 Å². The number of ether oxygens (including phenoxy) is 2. The van der Waals surface area contributed by atoms with Crippen molar-refractivity contribution in [1.82, 2.24) is 0 Å². The van der Waals surface area contributed by atoms with Gasteiger partial charge in [-0.25, -0.2) is 0 Å². The highest BCUT2D eigenvalue weighted by atomic mass is 28.4. The van der Waals surface area contributed by atoms with Gasteiger partial charge in [-0.1, -0.05) is 0 Å². The third-order valence-corrected chi connectivity index (χ3v) is 6.05. The minimum absolute atomic E-state index is 0.102. The zero-order chi connectivity index (χ0) is 18.1. The van der Waals surface area contributed by atoms with E-state index >= 15 is 0 Å². The second kappa shape index (κ2) is 7.77. The minimum atomic E-state index is -1.78. The first-order valence-corrected chi connectivity index (χ1v) is 18.6. The highest BCUT2D eigenvalue weighted by molar-refractivity contribution is 6.70. The van der Waals surface area contributed by atoms with E-state index in [9.17, 15) is 0 Å². The van der Waals surface area contributed by atoms with Crippen LogP contribution in [0, 0.1) is 0 Å². The molecule has 1 rings (SSSR count). The third kappa shape index (κ3) is 7.91. The van der Waals surface area contributed by atoms with E-state index in [-0.39, 0.29) is 24.6 Å². The van der Waals surface area contributed by atoms with Crippen molar-refractivity contribution in [3.05, 3.63) is 0 Å². The smallest absolute Gasteiger partial charge is 0.187 e. The van der Waals surface area contributed by atoms with Crippen molar-refractivity contribution in [3.63, 3.8) is 0 Å². The Morgan fingerprint density at radius 1 is 0.696 bits per heavy atom. The predicted molar refractivity (Wildman–Crippen MR) is 101 cm³/mol. The molecule has 0 aliphatic carbocycles. The van der Waals surface area contributed by atoms with Crippen molar-refractivity contribution in [2.24, 2.45) is 0 Å². The molecule has 0 aromatic carbocycles. The number of methoxy groups -OCH3 is 1. The molecule has 5 nitrogen and oxygen atoms in total. The Morgan fingerprint density at radius 2 is 1.17 bits per heavy atom. The highest BCUT2D eigenvalue weighted by Crippen LogP contribution is 2.29. The van der Waals surface area contributed by atoms with Crippen LogP contribution in [0.3, 0.4) is 0 Å². The fraction of sp³-hybridized carbons (Fsp3) is 1.00. The Hall–Kier alpha value is 0.451. The van der Waals surface area contributed by atoms with Crippen LogP contribution >= 0.6 is 0 Å². The van der Waals surface area contributed by atoms with E-state index in [4.69, 9.17) is 22.8 Å². The van der Waals surface area contributed by atoms with Gasteiger partial charge in [0.1, 0.15) is 12.2 Å². The molecule has 1 saturated heterocycles. The van der Waals surface area contributed by atoms with Crippen LogP contribution in [-0.2, 0) is 22.8 Å². The molecule has 1 aliphatic rings. The summed E-state index contributed by atoms with van der Waals surface area (Å²) in [7, 11) is -3.50. The summed E-state index contributed by atoms with van der Waals surface area (Å²) in [6, 6.07) is 0. The average Bonchev–Trinajstić information content (AvgIpc) is 2.27. The van der Waals surface area contributed by atoms with Crippen LogP contribution in [0.15, 0.2) is 0 Å². The molecule has 0 N–H and O–H groups in total. The SMILES string of the molecule is CO[C@@H]1[C@@H](O[Si](C)(C)C)COC(O[Si](C)(C)C)[C@H]1O[Si](C)(C)C. The summed E-state index contributed by atoms with van der Waals surface area (Å²) < 4.78 is 30.8. The Balaban J connectivity index is 3.00. The molecule has 8 heteroatoms. The topological polar surface area (TPSA) is 46.2 Å². The molecule has 23 heavy (non-hydrogen) atoms. The standard InChI is InChI=1S/C15H36O5Si3/c1-16-13-12(18-21(2,3)4)11-17-15(20-23(8,9)10)14(13)19-22(5,6)7/h12-15H,11H2,1-10H3/t12-,13+,14-,15?/m0/s1. The molecular weight excluding hydrogens is 344 g/mol. The van der Waals surface area contributed by atoms with Gasteiger partial charge in [-0.2, -0.15) is 0 Å². The van der Waals surface area contributed by atoms with E-state index in [1.807, 2.05) is 0 Å². The minimum Gasteiger partial charge on any atom is -0.410 e. The highest BCUT2D eigenvalue weighted by Gasteiger charge is 2.46. The molecule has 1 fully saturated rings. The Bertz CT molecular complexity index is 373. The Labute approximate surface area is 145 Å². The van der Waals surface area contributed by atoms with E-state index in [1.165, 1.54) is 0 Å². The number of hydrogen-bond donors (Lipinski definition) is 0. The Kier molecular flexibility index (Phi) is 7.27. The lowest BCUT2D eigenvalue weighted by molar-refractivity contribution is -0.242. The van der Waals surface area contributed by atoms with Gasteiger partial charge in [0.15, 0.2) is 31.2 Å². The molecule has 0 aromatic rings. The molecule has 0 saturated carbocycles. The number of rotatable bonds is 7. The van der Waals surface area contributed by atoms with Gasteiger partial charge < -0.3 is 22.8 Å². The van der Waals surface area contributed by atoms with Crippen molar-refractivity contribution in [3.8, 4) is 0 Å². The maximum Gasteiger partial charge on any atom is 0.187 e. The Morgan fingerprint density at radius 3 is 1.57 bits per heavy atom. The lowest BCUT2D eigenvalue weighted by Gasteiger charge is -2.46. The molecular formula is C15H36O5Si3. The summed E-state index contributed by atoms with van der Waals surface area (Å²) in [4.78, 5) is 0. The first kappa shape index (κ1) is 21.5. The second-order valence-electron chi connectivity index (χ2n) is 9.10. The summed E-state index contributed by atoms with van der Waals surface area (Å²) >= 11 is 0. The van der Waals surface area contributed by atoms with E-state index < -0.39 is 25.0 Å². The van der Waals surface area contributed by atoms with Gasteiger partial charge >= 0.3 is 0 Å². The van der Waals surface area contributed by atoms with Crippen molar-refractivity contribution in [1.29, 1.82) is 0 Å². The summed E-state index contributed by atoms with van der Waals surface area (Å²) in [6.45, 7) is 20.0. The van der Waals surface area contributed by atoms with Crippen molar-refractivity contribution in [2.75, 3.05) is 13.7 Å². The van der Waals surface area contributed by atoms with E-state index in [0.29, 0.717) is 6.61 Å². The van der Waals surface area contributed by atoms with E-state index in [1.54, 1.807) is 7.11 Å². The molecule has 0 bridgehead atoms. The second-order valence-corrected chi connectivity index (χ2v) is 22.5. The summed E-state index contributed by atoms with van der Waals surface area (Å²) in [5, 5.41) is 0. The third-order valence-electron chi connectivity index (χ3n) is 3.12. The first-order valence-electron chi connectivity index (χ1n) is 8.40. The molecule has 1 aliphatic heterocycles. The largest absolute Gasteiger partial charge is 0.410 e. The molecule has 138 valence electrons. The molecule has 1 unspecified atom stereocenters. The van der Waals surface area contributed by atoms with Gasteiger partial charge in [-0.3, -0.25) is 0 Å². The molecule has 0 amide bonds. The summed E-state index contributed by atoms with van der Waals surface area (Å²) in [6.07, 6.45) is -0.883. The van der Waals surface area contributed by atoms with Crippen LogP contribution in [-0.4, -0.2) is 63.3 Å². The zero-order valence-electron chi connectivity index (χ0n) is 16.6. The average molecular weight is 381 g/mol. The van der Waals surface area contributed by atoms with E-state index in [0.717, 1.165) is 0 Å². The van der Waals surface area contributed by atoms with Gasteiger partial charge in [0, 0.05) is 7.11 Å². The van der Waals surface area contributed by atoms with Gasteiger partial charge in [0.05, 0.1) is 12.7 Å². The van der Waals surface area contributed by atoms with Gasteiger partial charge in [-0.05, 0) is 58.9 Å². The first-order chi connectivity index (χ1) is 10.2. The lowest BCUT2D eigenvalue weighted by Crippen LogP contribution is -2.61. The zero-order valence-corrected chi connectivity index (χ0v) is 19.6. The monoisotopic (exact) mass is 380 g/mol. The van der Waals surface area contributed by atoms with Gasteiger partial charge in [-0.15, -0.1) is 0 Å². The van der Waals surface area contributed by atoms with Crippen LogP contribution in [0.5, 0.6) is 0 Å².